The molecule has 15 heavy (non-hydrogen) atoms. The first-order valence-electron chi connectivity index (χ1n) is 4.92. The van der Waals surface area contributed by atoms with Crippen LogP contribution in [0.15, 0.2) is 0 Å². The van der Waals surface area contributed by atoms with Crippen molar-refractivity contribution in [1.82, 2.24) is 0 Å². The van der Waals surface area contributed by atoms with Gasteiger partial charge in [0.05, 0.1) is 18.4 Å². The van der Waals surface area contributed by atoms with Crippen molar-refractivity contribution in [2.24, 2.45) is 11.8 Å². The second kappa shape index (κ2) is 5.02. The minimum Gasteiger partial charge on any atom is -0.463 e. The third kappa shape index (κ3) is 2.62. The van der Waals surface area contributed by atoms with Crippen LogP contribution in [0.2, 0.25) is 0 Å². The summed E-state index contributed by atoms with van der Waals surface area (Å²) in [4.78, 5) is 33.4. The molecule has 1 aliphatic rings. The summed E-state index contributed by atoms with van der Waals surface area (Å²) < 4.78 is 4.60. The highest BCUT2D eigenvalue weighted by Gasteiger charge is 2.45. The van der Waals surface area contributed by atoms with E-state index in [1.807, 2.05) is 0 Å². The molecule has 0 aromatic heterocycles. The molecule has 0 aromatic carbocycles. The van der Waals surface area contributed by atoms with Crippen LogP contribution >= 0.6 is 0 Å². The van der Waals surface area contributed by atoms with Crippen molar-refractivity contribution < 1.29 is 24.2 Å². The number of hydrogen-bond acceptors (Lipinski definition) is 5. The number of ether oxygens (including phenoxy) is 1. The Balaban J connectivity index is 2.23. The van der Waals surface area contributed by atoms with Crippen LogP contribution in [0.4, 0.5) is 0 Å². The SMILES string of the molecule is CC1C(=O)C(CCC(=O)OCCO)C1=O. The molecule has 1 rings (SSSR count). The Morgan fingerprint density at radius 1 is 1.40 bits per heavy atom. The predicted octanol–water partition coefficient (Wildman–Crippen LogP) is -0.294. The Labute approximate surface area is 87.4 Å². The lowest BCUT2D eigenvalue weighted by molar-refractivity contribution is -0.151. The summed E-state index contributed by atoms with van der Waals surface area (Å²) in [6, 6.07) is 0. The van der Waals surface area contributed by atoms with E-state index in [0.717, 1.165) is 0 Å². The number of carbonyl (C=O) groups excluding carboxylic acids is 3. The van der Waals surface area contributed by atoms with Gasteiger partial charge in [0.2, 0.25) is 0 Å². The zero-order valence-electron chi connectivity index (χ0n) is 8.56. The standard InChI is InChI=1S/C10H14O5/c1-6-9(13)7(10(6)14)2-3-8(12)15-5-4-11/h6-7,11H,2-5H2,1H3. The number of hydrogen-bond donors (Lipinski definition) is 1. The van der Waals surface area contributed by atoms with E-state index in [9.17, 15) is 14.4 Å². The Morgan fingerprint density at radius 3 is 2.53 bits per heavy atom. The van der Waals surface area contributed by atoms with Crippen molar-refractivity contribution in [3.63, 3.8) is 0 Å². The zero-order valence-corrected chi connectivity index (χ0v) is 8.56. The number of aliphatic hydroxyl groups is 1. The molecule has 0 unspecified atom stereocenters. The average molecular weight is 214 g/mol. The molecule has 84 valence electrons. The molecule has 5 heteroatoms. The van der Waals surface area contributed by atoms with Gasteiger partial charge in [-0.3, -0.25) is 14.4 Å². The number of Topliss-reactive ketones (excluding diaryl/α,β-unsaturated/α-hetero) is 2. The summed E-state index contributed by atoms with van der Waals surface area (Å²) in [7, 11) is 0. The first-order valence-corrected chi connectivity index (χ1v) is 4.92. The fraction of sp³-hybridized carbons (Fsp3) is 0.700. The third-order valence-electron chi connectivity index (χ3n) is 2.53. The molecule has 0 atom stereocenters. The van der Waals surface area contributed by atoms with Crippen LogP contribution in [-0.2, 0) is 19.1 Å². The van der Waals surface area contributed by atoms with Gasteiger partial charge in [0, 0.05) is 6.42 Å². The van der Waals surface area contributed by atoms with E-state index >= 15 is 0 Å². The molecule has 1 saturated carbocycles. The fourth-order valence-electron chi connectivity index (χ4n) is 1.57. The molecule has 0 aromatic rings. The predicted molar refractivity (Wildman–Crippen MR) is 49.9 cm³/mol. The molecule has 0 radical (unpaired) electrons. The minimum atomic E-state index is -0.610. The molecule has 1 aliphatic carbocycles. The molecule has 0 heterocycles. The van der Waals surface area contributed by atoms with E-state index in [-0.39, 0.29) is 37.6 Å². The van der Waals surface area contributed by atoms with Gasteiger partial charge in [0.1, 0.15) is 6.61 Å². The van der Waals surface area contributed by atoms with Gasteiger partial charge in [0.15, 0.2) is 11.6 Å². The molecule has 0 aliphatic heterocycles. The molecule has 0 bridgehead atoms. The van der Waals surface area contributed by atoms with Gasteiger partial charge in [-0.2, -0.15) is 0 Å². The van der Waals surface area contributed by atoms with Crippen molar-refractivity contribution in [2.75, 3.05) is 13.2 Å². The Hall–Kier alpha value is -1.23. The van der Waals surface area contributed by atoms with Gasteiger partial charge in [-0.1, -0.05) is 0 Å². The Morgan fingerprint density at radius 2 is 2.00 bits per heavy atom. The number of carbonyl (C=O) groups is 3. The molecular weight excluding hydrogens is 200 g/mol. The maximum absolute atomic E-state index is 11.2. The van der Waals surface area contributed by atoms with E-state index < -0.39 is 17.8 Å². The van der Waals surface area contributed by atoms with Crippen LogP contribution in [0, 0.1) is 11.8 Å². The van der Waals surface area contributed by atoms with Crippen LogP contribution < -0.4 is 0 Å². The lowest BCUT2D eigenvalue weighted by atomic mass is 9.71. The van der Waals surface area contributed by atoms with Crippen LogP contribution in [-0.4, -0.2) is 35.9 Å². The highest BCUT2D eigenvalue weighted by molar-refractivity contribution is 6.23. The first kappa shape index (κ1) is 11.8. The molecule has 5 nitrogen and oxygen atoms in total. The number of rotatable bonds is 5. The fourth-order valence-corrected chi connectivity index (χ4v) is 1.57. The van der Waals surface area contributed by atoms with E-state index in [2.05, 4.69) is 4.74 Å². The molecule has 1 N–H and O–H groups in total. The summed E-state index contributed by atoms with van der Waals surface area (Å²) in [6.45, 7) is 1.32. The van der Waals surface area contributed by atoms with E-state index in [1.54, 1.807) is 6.92 Å². The minimum absolute atomic E-state index is 0.0399. The van der Waals surface area contributed by atoms with Gasteiger partial charge in [-0.05, 0) is 13.3 Å². The van der Waals surface area contributed by atoms with Crippen LogP contribution in [0.25, 0.3) is 0 Å². The van der Waals surface area contributed by atoms with Crippen LogP contribution in [0.3, 0.4) is 0 Å². The normalized spacial score (nSPS) is 24.9. The van der Waals surface area contributed by atoms with Crippen molar-refractivity contribution >= 4 is 17.5 Å². The summed E-state index contributed by atoms with van der Waals surface area (Å²) in [5.74, 6) is -1.76. The quantitative estimate of drug-likeness (QED) is 0.502. The number of ketones is 2. The maximum atomic E-state index is 11.2. The summed E-state index contributed by atoms with van der Waals surface area (Å²) in [5, 5.41) is 8.38. The van der Waals surface area contributed by atoms with Crippen molar-refractivity contribution in [2.45, 2.75) is 19.8 Å². The van der Waals surface area contributed by atoms with E-state index in [0.29, 0.717) is 0 Å². The smallest absolute Gasteiger partial charge is 0.305 e. The van der Waals surface area contributed by atoms with Crippen molar-refractivity contribution in [3.05, 3.63) is 0 Å². The molecule has 0 saturated heterocycles. The topological polar surface area (TPSA) is 80.7 Å². The summed E-state index contributed by atoms with van der Waals surface area (Å²) >= 11 is 0. The molecule has 0 spiro atoms. The lowest BCUT2D eigenvalue weighted by Crippen LogP contribution is -2.46. The molecular formula is C10H14O5. The Kier molecular flexibility index (Phi) is 3.96. The van der Waals surface area contributed by atoms with Gasteiger partial charge in [-0.15, -0.1) is 0 Å². The van der Waals surface area contributed by atoms with Gasteiger partial charge < -0.3 is 9.84 Å². The lowest BCUT2D eigenvalue weighted by Gasteiger charge is -2.28. The van der Waals surface area contributed by atoms with Crippen LogP contribution in [0.1, 0.15) is 19.8 Å². The van der Waals surface area contributed by atoms with Gasteiger partial charge >= 0.3 is 5.97 Å². The van der Waals surface area contributed by atoms with Crippen molar-refractivity contribution in [3.8, 4) is 0 Å². The highest BCUT2D eigenvalue weighted by atomic mass is 16.5. The summed E-state index contributed by atoms with van der Waals surface area (Å²) in [5.41, 5.74) is 0. The van der Waals surface area contributed by atoms with Crippen LogP contribution in [0.5, 0.6) is 0 Å². The molecule has 1 fully saturated rings. The van der Waals surface area contributed by atoms with Gasteiger partial charge in [-0.25, -0.2) is 0 Å². The average Bonchev–Trinajstić information content (AvgIpc) is 2.25. The molecule has 0 amide bonds. The second-order valence-electron chi connectivity index (χ2n) is 3.56. The van der Waals surface area contributed by atoms with Gasteiger partial charge in [0.25, 0.3) is 0 Å². The number of esters is 1. The Bertz CT molecular complexity index is 268. The largest absolute Gasteiger partial charge is 0.463 e. The maximum Gasteiger partial charge on any atom is 0.305 e. The highest BCUT2D eigenvalue weighted by Crippen LogP contribution is 2.28. The summed E-state index contributed by atoms with van der Waals surface area (Å²) in [6.07, 6.45) is 0.279. The zero-order chi connectivity index (χ0) is 11.4. The monoisotopic (exact) mass is 214 g/mol. The number of aliphatic hydroxyl groups excluding tert-OH is 1. The second-order valence-corrected chi connectivity index (χ2v) is 3.56. The van der Waals surface area contributed by atoms with E-state index in [4.69, 9.17) is 5.11 Å². The van der Waals surface area contributed by atoms with Crippen molar-refractivity contribution in [1.29, 1.82) is 0 Å². The van der Waals surface area contributed by atoms with E-state index in [1.165, 1.54) is 0 Å². The third-order valence-corrected chi connectivity index (χ3v) is 2.53. The first-order chi connectivity index (χ1) is 7.07.